The van der Waals surface area contributed by atoms with Crippen LogP contribution in [-0.4, -0.2) is 41.9 Å². The van der Waals surface area contributed by atoms with Crippen molar-refractivity contribution in [3.63, 3.8) is 0 Å². The van der Waals surface area contributed by atoms with Crippen LogP contribution in [0.25, 0.3) is 0 Å². The number of rotatable bonds is 3. The molecule has 1 amide bonds. The van der Waals surface area contributed by atoms with Gasteiger partial charge in [0.2, 0.25) is 0 Å². The normalized spacial score (nSPS) is 19.6. The average molecular weight is 251 g/mol. The number of amides is 1. The van der Waals surface area contributed by atoms with Gasteiger partial charge in [-0.1, -0.05) is 0 Å². The van der Waals surface area contributed by atoms with Crippen molar-refractivity contribution in [2.24, 2.45) is 5.92 Å². The van der Waals surface area contributed by atoms with Crippen LogP contribution in [0.2, 0.25) is 0 Å². The number of likely N-dealkylation sites (tertiary alicyclic amines) is 1. The van der Waals surface area contributed by atoms with Gasteiger partial charge in [-0.2, -0.15) is 0 Å². The van der Waals surface area contributed by atoms with Crippen LogP contribution >= 0.6 is 11.8 Å². The molecule has 1 heterocycles. The molecular weight excluding hydrogens is 234 g/mol. The Morgan fingerprint density at radius 1 is 1.47 bits per heavy atom. The number of hydrogen-bond acceptors (Lipinski definition) is 3. The lowest BCUT2D eigenvalue weighted by molar-refractivity contribution is 0.0782. The molecule has 92 valence electrons. The van der Waals surface area contributed by atoms with E-state index in [0.29, 0.717) is 6.54 Å². The maximum atomic E-state index is 12.1. The van der Waals surface area contributed by atoms with Crippen molar-refractivity contribution in [3.05, 3.63) is 29.8 Å². The quantitative estimate of drug-likeness (QED) is 0.834. The molecule has 1 fully saturated rings. The molecule has 0 spiro atoms. The number of hydrogen-bond donors (Lipinski definition) is 1. The number of aliphatic hydroxyl groups is 1. The second kappa shape index (κ2) is 5.56. The van der Waals surface area contributed by atoms with E-state index in [1.54, 1.807) is 11.8 Å². The molecule has 1 N–H and O–H groups in total. The second-order valence-corrected chi connectivity index (χ2v) is 5.20. The summed E-state index contributed by atoms with van der Waals surface area (Å²) in [7, 11) is 0. The SMILES string of the molecule is CSc1ccc(C(=O)N2CCC(CO)C2)cc1. The Kier molecular flexibility index (Phi) is 4.07. The van der Waals surface area contributed by atoms with Gasteiger partial charge < -0.3 is 10.0 Å². The molecule has 1 unspecified atom stereocenters. The van der Waals surface area contributed by atoms with Crippen LogP contribution in [0.5, 0.6) is 0 Å². The Bertz CT molecular complexity index is 391. The minimum atomic E-state index is 0.0774. The van der Waals surface area contributed by atoms with Crippen LogP contribution in [0.1, 0.15) is 16.8 Å². The highest BCUT2D eigenvalue weighted by molar-refractivity contribution is 7.98. The summed E-state index contributed by atoms with van der Waals surface area (Å²) in [6.07, 6.45) is 2.92. The Morgan fingerprint density at radius 2 is 2.18 bits per heavy atom. The number of carbonyl (C=O) groups excluding carboxylic acids is 1. The van der Waals surface area contributed by atoms with Gasteiger partial charge in [0.15, 0.2) is 0 Å². The number of aliphatic hydroxyl groups excluding tert-OH is 1. The van der Waals surface area contributed by atoms with Gasteiger partial charge in [0, 0.05) is 36.1 Å². The zero-order valence-corrected chi connectivity index (χ0v) is 10.7. The van der Waals surface area contributed by atoms with Gasteiger partial charge in [-0.3, -0.25) is 4.79 Å². The van der Waals surface area contributed by atoms with E-state index in [0.717, 1.165) is 23.4 Å². The topological polar surface area (TPSA) is 40.5 Å². The summed E-state index contributed by atoms with van der Waals surface area (Å²) in [4.78, 5) is 15.1. The predicted molar refractivity (Wildman–Crippen MR) is 69.3 cm³/mol. The van der Waals surface area contributed by atoms with Gasteiger partial charge in [-0.05, 0) is 36.9 Å². The molecule has 1 aromatic carbocycles. The molecule has 0 bridgehead atoms. The number of thioether (sulfide) groups is 1. The Hall–Kier alpha value is -1.00. The Morgan fingerprint density at radius 3 is 2.71 bits per heavy atom. The monoisotopic (exact) mass is 251 g/mol. The molecule has 1 aromatic rings. The second-order valence-electron chi connectivity index (χ2n) is 4.32. The molecule has 0 aromatic heterocycles. The van der Waals surface area contributed by atoms with E-state index >= 15 is 0 Å². The van der Waals surface area contributed by atoms with Gasteiger partial charge in [0.1, 0.15) is 0 Å². The standard InChI is InChI=1S/C13H17NO2S/c1-17-12-4-2-11(3-5-12)13(16)14-7-6-10(8-14)9-15/h2-5,10,15H,6-9H2,1H3. The zero-order chi connectivity index (χ0) is 12.3. The maximum absolute atomic E-state index is 12.1. The molecule has 0 radical (unpaired) electrons. The third-order valence-electron chi connectivity index (χ3n) is 3.17. The minimum Gasteiger partial charge on any atom is -0.396 e. The lowest BCUT2D eigenvalue weighted by Gasteiger charge is -2.16. The number of benzene rings is 1. The summed E-state index contributed by atoms with van der Waals surface area (Å²) >= 11 is 1.67. The number of carbonyl (C=O) groups is 1. The summed E-state index contributed by atoms with van der Waals surface area (Å²) in [5.41, 5.74) is 0.737. The third kappa shape index (κ3) is 2.82. The van der Waals surface area contributed by atoms with E-state index in [9.17, 15) is 4.79 Å². The van der Waals surface area contributed by atoms with Crippen LogP contribution in [-0.2, 0) is 0 Å². The third-order valence-corrected chi connectivity index (χ3v) is 3.91. The van der Waals surface area contributed by atoms with E-state index in [-0.39, 0.29) is 18.4 Å². The number of nitrogens with zero attached hydrogens (tertiary/aromatic N) is 1. The van der Waals surface area contributed by atoms with Gasteiger partial charge >= 0.3 is 0 Å². The lowest BCUT2D eigenvalue weighted by Crippen LogP contribution is -2.29. The van der Waals surface area contributed by atoms with Crippen molar-refractivity contribution in [2.45, 2.75) is 11.3 Å². The van der Waals surface area contributed by atoms with Crippen LogP contribution in [0.3, 0.4) is 0 Å². The van der Waals surface area contributed by atoms with Crippen molar-refractivity contribution in [1.29, 1.82) is 0 Å². The molecule has 17 heavy (non-hydrogen) atoms. The summed E-state index contributed by atoms with van der Waals surface area (Å²) < 4.78 is 0. The first-order chi connectivity index (χ1) is 8.24. The van der Waals surface area contributed by atoms with E-state index in [4.69, 9.17) is 5.11 Å². The van der Waals surface area contributed by atoms with E-state index in [1.807, 2.05) is 35.4 Å². The van der Waals surface area contributed by atoms with Crippen LogP contribution in [0.15, 0.2) is 29.2 Å². The Labute approximate surface area is 106 Å². The molecular formula is C13H17NO2S. The zero-order valence-electron chi connectivity index (χ0n) is 9.93. The highest BCUT2D eigenvalue weighted by Gasteiger charge is 2.26. The predicted octanol–water partition coefficient (Wildman–Crippen LogP) is 1.86. The molecule has 0 saturated carbocycles. The molecule has 1 aliphatic heterocycles. The maximum Gasteiger partial charge on any atom is 0.253 e. The van der Waals surface area contributed by atoms with E-state index in [2.05, 4.69) is 0 Å². The average Bonchev–Trinajstić information content (AvgIpc) is 2.87. The summed E-state index contributed by atoms with van der Waals surface area (Å²) in [5.74, 6) is 0.332. The lowest BCUT2D eigenvalue weighted by atomic mass is 10.1. The molecule has 1 atom stereocenters. The minimum absolute atomic E-state index is 0.0774. The van der Waals surface area contributed by atoms with Crippen LogP contribution < -0.4 is 0 Å². The molecule has 1 saturated heterocycles. The van der Waals surface area contributed by atoms with Gasteiger partial charge in [0.25, 0.3) is 5.91 Å². The van der Waals surface area contributed by atoms with Crippen molar-refractivity contribution in [1.82, 2.24) is 4.90 Å². The Balaban J connectivity index is 2.04. The first-order valence-corrected chi connectivity index (χ1v) is 7.01. The largest absolute Gasteiger partial charge is 0.396 e. The fraction of sp³-hybridized carbons (Fsp3) is 0.462. The van der Waals surface area contributed by atoms with Crippen molar-refractivity contribution < 1.29 is 9.90 Å². The van der Waals surface area contributed by atoms with Crippen LogP contribution in [0, 0.1) is 5.92 Å². The van der Waals surface area contributed by atoms with Gasteiger partial charge in [-0.15, -0.1) is 11.8 Å². The smallest absolute Gasteiger partial charge is 0.253 e. The van der Waals surface area contributed by atoms with E-state index < -0.39 is 0 Å². The fourth-order valence-corrected chi connectivity index (χ4v) is 2.49. The first-order valence-electron chi connectivity index (χ1n) is 5.78. The molecule has 4 heteroatoms. The highest BCUT2D eigenvalue weighted by atomic mass is 32.2. The molecule has 1 aliphatic rings. The summed E-state index contributed by atoms with van der Waals surface area (Å²) in [6, 6.07) is 7.69. The first kappa shape index (κ1) is 12.5. The fourth-order valence-electron chi connectivity index (χ4n) is 2.08. The van der Waals surface area contributed by atoms with Crippen molar-refractivity contribution in [3.8, 4) is 0 Å². The summed E-state index contributed by atoms with van der Waals surface area (Å²) in [6.45, 7) is 1.61. The highest BCUT2D eigenvalue weighted by Crippen LogP contribution is 2.20. The van der Waals surface area contributed by atoms with Gasteiger partial charge in [-0.25, -0.2) is 0 Å². The molecule has 3 nitrogen and oxygen atoms in total. The summed E-state index contributed by atoms with van der Waals surface area (Å²) in [5, 5.41) is 9.06. The van der Waals surface area contributed by atoms with Crippen molar-refractivity contribution >= 4 is 17.7 Å². The van der Waals surface area contributed by atoms with Crippen LogP contribution in [0.4, 0.5) is 0 Å². The van der Waals surface area contributed by atoms with Crippen molar-refractivity contribution in [2.75, 3.05) is 26.0 Å². The molecule has 2 rings (SSSR count). The molecule has 0 aliphatic carbocycles. The van der Waals surface area contributed by atoms with Gasteiger partial charge in [0.05, 0.1) is 0 Å². The van der Waals surface area contributed by atoms with E-state index in [1.165, 1.54) is 0 Å².